The van der Waals surface area contributed by atoms with Crippen molar-refractivity contribution in [3.05, 3.63) is 35.9 Å². The van der Waals surface area contributed by atoms with Gasteiger partial charge < -0.3 is 4.74 Å². The molecule has 0 aromatic heterocycles. The van der Waals surface area contributed by atoms with E-state index in [1.165, 1.54) is 7.11 Å². The smallest absolute Gasteiger partial charge is 0.338 e. The molecule has 0 fully saturated rings. The lowest BCUT2D eigenvalue weighted by molar-refractivity contribution is 0.0600. The molecule has 13 heavy (non-hydrogen) atoms. The first kappa shape index (κ1) is 9.58. The number of rotatable bonds is 2. The third kappa shape index (κ3) is 1.99. The average Bonchev–Trinajstić information content (AvgIpc) is 2.16. The largest absolute Gasteiger partial charge is 0.465 e. The predicted octanol–water partition coefficient (Wildman–Crippen LogP) is 0.910. The number of carbonyl (C=O) groups is 1. The van der Waals surface area contributed by atoms with Crippen molar-refractivity contribution in [1.29, 1.82) is 0 Å². The van der Waals surface area contributed by atoms with Crippen LogP contribution >= 0.6 is 0 Å². The maximum atomic E-state index is 11.2. The molecule has 2 nitrogen and oxygen atoms in total. The fraction of sp³-hybridized carbons (Fsp3) is 0.100. The van der Waals surface area contributed by atoms with E-state index in [0.717, 1.165) is 0 Å². The van der Waals surface area contributed by atoms with Gasteiger partial charge in [0.25, 0.3) is 0 Å². The zero-order valence-corrected chi connectivity index (χ0v) is 7.41. The first-order chi connectivity index (χ1) is 6.19. The summed E-state index contributed by atoms with van der Waals surface area (Å²) >= 11 is 0. The Kier molecular flexibility index (Phi) is 2.90. The number of ether oxygens (including phenoxy) is 1. The van der Waals surface area contributed by atoms with Crippen molar-refractivity contribution < 1.29 is 9.53 Å². The monoisotopic (exact) mass is 172 g/mol. The molecule has 0 atom stereocenters. The lowest BCUT2D eigenvalue weighted by Gasteiger charge is -2.04. The number of methoxy groups -OCH3 is 1. The third-order valence-electron chi connectivity index (χ3n) is 1.70. The zero-order valence-electron chi connectivity index (χ0n) is 7.41. The van der Waals surface area contributed by atoms with Gasteiger partial charge in [0, 0.05) is 0 Å². The highest BCUT2D eigenvalue weighted by molar-refractivity contribution is 6.32. The Bertz CT molecular complexity index is 345. The molecule has 0 amide bonds. The zero-order chi connectivity index (χ0) is 9.84. The topological polar surface area (TPSA) is 26.3 Å². The summed E-state index contributed by atoms with van der Waals surface area (Å²) in [6.45, 7) is 3.59. The molecule has 0 aliphatic carbocycles. The van der Waals surface area contributed by atoms with E-state index in [1.807, 2.05) is 0 Å². The maximum absolute atomic E-state index is 11.2. The van der Waals surface area contributed by atoms with E-state index >= 15 is 0 Å². The summed E-state index contributed by atoms with van der Waals surface area (Å²) in [5.41, 5.74) is 1.76. The molecule has 1 rings (SSSR count). The summed E-state index contributed by atoms with van der Waals surface area (Å²) in [5, 5.41) is 0. The standard InChI is InChI=1S/C10H9BO2/c1-3-7-6-8(11)4-5-9(7)10(12)13-2/h3-6H,1H2,2H3. The van der Waals surface area contributed by atoms with Crippen molar-refractivity contribution in [2.75, 3.05) is 7.11 Å². The van der Waals surface area contributed by atoms with Crippen LogP contribution in [0.4, 0.5) is 0 Å². The fourth-order valence-electron chi connectivity index (χ4n) is 1.05. The maximum Gasteiger partial charge on any atom is 0.338 e. The number of esters is 1. The molecule has 0 N–H and O–H groups in total. The van der Waals surface area contributed by atoms with Crippen molar-refractivity contribution in [2.24, 2.45) is 0 Å². The van der Waals surface area contributed by atoms with Gasteiger partial charge in [-0.05, 0) is 11.6 Å². The Labute approximate surface area is 78.6 Å². The predicted molar refractivity (Wildman–Crippen MR) is 53.3 cm³/mol. The number of benzene rings is 1. The van der Waals surface area contributed by atoms with E-state index in [9.17, 15) is 4.79 Å². The molecule has 0 bridgehead atoms. The SMILES string of the molecule is [B]c1ccc(C(=O)OC)c(C=C)c1. The Morgan fingerprint density at radius 1 is 1.62 bits per heavy atom. The highest BCUT2D eigenvalue weighted by Gasteiger charge is 2.08. The minimum Gasteiger partial charge on any atom is -0.465 e. The summed E-state index contributed by atoms with van der Waals surface area (Å²) in [5.74, 6) is -0.380. The van der Waals surface area contributed by atoms with Gasteiger partial charge in [0.15, 0.2) is 0 Å². The summed E-state index contributed by atoms with van der Waals surface area (Å²) in [6, 6.07) is 4.96. The van der Waals surface area contributed by atoms with Crippen LogP contribution < -0.4 is 5.46 Å². The fourth-order valence-corrected chi connectivity index (χ4v) is 1.05. The second kappa shape index (κ2) is 3.94. The van der Waals surface area contributed by atoms with Gasteiger partial charge in [-0.2, -0.15) is 0 Å². The van der Waals surface area contributed by atoms with E-state index in [4.69, 9.17) is 7.85 Å². The number of hydrogen-bond acceptors (Lipinski definition) is 2. The van der Waals surface area contributed by atoms with Crippen molar-refractivity contribution >= 4 is 25.4 Å². The molecular weight excluding hydrogens is 163 g/mol. The molecule has 0 spiro atoms. The van der Waals surface area contributed by atoms with Crippen LogP contribution in [0.25, 0.3) is 6.08 Å². The molecule has 0 heterocycles. The molecule has 0 saturated carbocycles. The van der Waals surface area contributed by atoms with Crippen molar-refractivity contribution in [3.63, 3.8) is 0 Å². The van der Waals surface area contributed by atoms with E-state index < -0.39 is 0 Å². The van der Waals surface area contributed by atoms with Gasteiger partial charge in [0.1, 0.15) is 7.85 Å². The van der Waals surface area contributed by atoms with Gasteiger partial charge in [-0.3, -0.25) is 0 Å². The van der Waals surface area contributed by atoms with Gasteiger partial charge in [0.05, 0.1) is 12.7 Å². The van der Waals surface area contributed by atoms with E-state index in [0.29, 0.717) is 16.6 Å². The van der Waals surface area contributed by atoms with Crippen LogP contribution in [0, 0.1) is 0 Å². The van der Waals surface area contributed by atoms with Gasteiger partial charge in [-0.1, -0.05) is 30.3 Å². The first-order valence-electron chi connectivity index (χ1n) is 3.79. The normalized spacial score (nSPS) is 9.31. The number of carbonyl (C=O) groups excluding carboxylic acids is 1. The first-order valence-corrected chi connectivity index (χ1v) is 3.79. The third-order valence-corrected chi connectivity index (χ3v) is 1.70. The minimum atomic E-state index is -0.380. The quantitative estimate of drug-likeness (QED) is 0.489. The molecule has 0 unspecified atom stereocenters. The van der Waals surface area contributed by atoms with Crippen LogP contribution in [0.2, 0.25) is 0 Å². The molecule has 2 radical (unpaired) electrons. The second-order valence-electron chi connectivity index (χ2n) is 2.54. The van der Waals surface area contributed by atoms with Crippen LogP contribution in [-0.2, 0) is 4.74 Å². The van der Waals surface area contributed by atoms with Gasteiger partial charge >= 0.3 is 5.97 Å². The lowest BCUT2D eigenvalue weighted by Crippen LogP contribution is -2.09. The van der Waals surface area contributed by atoms with Crippen molar-refractivity contribution in [1.82, 2.24) is 0 Å². The number of hydrogen-bond donors (Lipinski definition) is 0. The summed E-state index contributed by atoms with van der Waals surface area (Å²) in [6.07, 6.45) is 1.57. The van der Waals surface area contributed by atoms with Crippen LogP contribution in [0.1, 0.15) is 15.9 Å². The van der Waals surface area contributed by atoms with E-state index in [1.54, 1.807) is 24.3 Å². The van der Waals surface area contributed by atoms with Crippen LogP contribution in [0.5, 0.6) is 0 Å². The molecule has 0 aliphatic rings. The second-order valence-corrected chi connectivity index (χ2v) is 2.54. The van der Waals surface area contributed by atoms with Crippen LogP contribution in [0.3, 0.4) is 0 Å². The molecule has 0 aliphatic heterocycles. The van der Waals surface area contributed by atoms with Crippen LogP contribution in [0.15, 0.2) is 24.8 Å². The molecule has 64 valence electrons. The van der Waals surface area contributed by atoms with Gasteiger partial charge in [-0.25, -0.2) is 4.79 Å². The summed E-state index contributed by atoms with van der Waals surface area (Å²) in [7, 11) is 6.88. The highest BCUT2D eigenvalue weighted by Crippen LogP contribution is 2.09. The minimum absolute atomic E-state index is 0.380. The average molecular weight is 172 g/mol. The summed E-state index contributed by atoms with van der Waals surface area (Å²) in [4.78, 5) is 11.2. The van der Waals surface area contributed by atoms with Gasteiger partial charge in [-0.15, -0.1) is 0 Å². The van der Waals surface area contributed by atoms with E-state index in [2.05, 4.69) is 11.3 Å². The molecule has 3 heteroatoms. The molecule has 1 aromatic rings. The Hall–Kier alpha value is -1.51. The lowest BCUT2D eigenvalue weighted by atomic mass is 9.92. The van der Waals surface area contributed by atoms with Gasteiger partial charge in [0.2, 0.25) is 0 Å². The Morgan fingerprint density at radius 2 is 2.31 bits per heavy atom. The van der Waals surface area contributed by atoms with Crippen molar-refractivity contribution in [3.8, 4) is 0 Å². The van der Waals surface area contributed by atoms with Crippen molar-refractivity contribution in [2.45, 2.75) is 0 Å². The Balaban J connectivity index is 3.20. The molecule has 1 aromatic carbocycles. The van der Waals surface area contributed by atoms with Crippen LogP contribution in [-0.4, -0.2) is 20.9 Å². The van der Waals surface area contributed by atoms with E-state index in [-0.39, 0.29) is 5.97 Å². The molecule has 0 saturated heterocycles. The molecular formula is C10H9BO2. The summed E-state index contributed by atoms with van der Waals surface area (Å²) < 4.78 is 4.59. The highest BCUT2D eigenvalue weighted by atomic mass is 16.5. The Morgan fingerprint density at radius 3 is 2.85 bits per heavy atom.